The van der Waals surface area contributed by atoms with Crippen LogP contribution < -0.4 is 11.1 Å². The molecule has 0 atom stereocenters. The average molecular weight is 285 g/mol. The molecule has 1 aliphatic carbocycles. The van der Waals surface area contributed by atoms with Crippen LogP contribution in [0.15, 0.2) is 0 Å². The van der Waals surface area contributed by atoms with Crippen LogP contribution in [0.25, 0.3) is 0 Å². The molecule has 1 fully saturated rings. The van der Waals surface area contributed by atoms with Crippen LogP contribution in [0.3, 0.4) is 0 Å². The smallest absolute Gasteiger partial charge is 0.312 e. The Morgan fingerprint density at radius 3 is 2.42 bits per heavy atom. The normalized spacial score (nSPS) is 15.5. The number of rotatable bonds is 5. The molecule has 0 heterocycles. The van der Waals surface area contributed by atoms with E-state index in [1.807, 2.05) is 13.8 Å². The molecule has 0 bridgehead atoms. The number of carbonyl (C=O) groups excluding carboxylic acids is 2. The summed E-state index contributed by atoms with van der Waals surface area (Å²) in [6.45, 7) is 4.77. The van der Waals surface area contributed by atoms with E-state index >= 15 is 0 Å². The van der Waals surface area contributed by atoms with Gasteiger partial charge in [0.15, 0.2) is 0 Å². The first-order valence-corrected chi connectivity index (χ1v) is 7.19. The number of hydrogen-bond donors (Lipinski definition) is 2. The minimum atomic E-state index is -0.611. The summed E-state index contributed by atoms with van der Waals surface area (Å²) in [5.41, 5.74) is 5.31. The Bertz CT molecular complexity index is 352. The van der Waals surface area contributed by atoms with Crippen molar-refractivity contribution in [1.82, 2.24) is 10.2 Å². The Balaban J connectivity index is 2.64. The van der Waals surface area contributed by atoms with Crippen molar-refractivity contribution in [1.29, 1.82) is 0 Å². The molecule has 19 heavy (non-hydrogen) atoms. The fraction of sp³-hybridized carbons (Fsp3) is 0.769. The topological polar surface area (TPSA) is 75.4 Å². The quantitative estimate of drug-likeness (QED) is 0.579. The van der Waals surface area contributed by atoms with E-state index in [1.54, 1.807) is 4.90 Å². The van der Waals surface area contributed by atoms with Crippen LogP contribution in [0.2, 0.25) is 0 Å². The van der Waals surface area contributed by atoms with Gasteiger partial charge in [0, 0.05) is 12.6 Å². The van der Waals surface area contributed by atoms with E-state index < -0.39 is 11.8 Å². The summed E-state index contributed by atoms with van der Waals surface area (Å²) in [5, 5.41) is 2.46. The van der Waals surface area contributed by atoms with E-state index in [2.05, 4.69) is 17.5 Å². The number of amides is 2. The van der Waals surface area contributed by atoms with Crippen molar-refractivity contribution in [3.05, 3.63) is 0 Å². The molecule has 0 aliphatic heterocycles. The Morgan fingerprint density at radius 1 is 1.37 bits per heavy atom. The minimum absolute atomic E-state index is 0.0695. The lowest BCUT2D eigenvalue weighted by Crippen LogP contribution is -2.49. The summed E-state index contributed by atoms with van der Waals surface area (Å²) in [6, 6.07) is 0.200. The molecule has 0 aromatic heterocycles. The summed E-state index contributed by atoms with van der Waals surface area (Å²) in [7, 11) is 0. The monoisotopic (exact) mass is 285 g/mol. The van der Waals surface area contributed by atoms with Crippen molar-refractivity contribution in [3.63, 3.8) is 0 Å². The largest absolute Gasteiger partial charge is 0.392 e. The molecule has 0 aromatic rings. The zero-order chi connectivity index (χ0) is 14.4. The van der Waals surface area contributed by atoms with Gasteiger partial charge in [-0.25, -0.2) is 0 Å². The van der Waals surface area contributed by atoms with Crippen molar-refractivity contribution < 1.29 is 9.59 Å². The average Bonchev–Trinajstić information content (AvgIpc) is 2.85. The van der Waals surface area contributed by atoms with Gasteiger partial charge in [0.05, 0.1) is 11.5 Å². The van der Waals surface area contributed by atoms with Crippen molar-refractivity contribution in [2.24, 2.45) is 11.7 Å². The number of nitrogens with one attached hydrogen (secondary N) is 1. The summed E-state index contributed by atoms with van der Waals surface area (Å²) in [4.78, 5) is 25.9. The molecule has 1 aliphatic rings. The van der Waals surface area contributed by atoms with E-state index in [4.69, 9.17) is 5.73 Å². The van der Waals surface area contributed by atoms with Crippen molar-refractivity contribution in [2.75, 3.05) is 13.1 Å². The molecule has 6 heteroatoms. The fourth-order valence-corrected chi connectivity index (χ4v) is 2.45. The highest BCUT2D eigenvalue weighted by molar-refractivity contribution is 7.80. The first kappa shape index (κ1) is 15.9. The molecule has 2 amide bonds. The lowest BCUT2D eigenvalue weighted by atomic mass is 10.1. The first-order valence-electron chi connectivity index (χ1n) is 6.79. The second kappa shape index (κ2) is 7.43. The number of hydrogen-bond acceptors (Lipinski definition) is 3. The fourth-order valence-electron chi connectivity index (χ4n) is 2.38. The maximum Gasteiger partial charge on any atom is 0.312 e. The van der Waals surface area contributed by atoms with Gasteiger partial charge in [-0.15, -0.1) is 0 Å². The van der Waals surface area contributed by atoms with Crippen LogP contribution in [-0.4, -0.2) is 40.8 Å². The van der Waals surface area contributed by atoms with Gasteiger partial charge in [-0.2, -0.15) is 0 Å². The van der Waals surface area contributed by atoms with Crippen LogP contribution >= 0.6 is 12.2 Å². The summed E-state index contributed by atoms with van der Waals surface area (Å²) in [5.74, 6) is -0.731. The van der Waals surface area contributed by atoms with Gasteiger partial charge in [-0.1, -0.05) is 38.9 Å². The zero-order valence-electron chi connectivity index (χ0n) is 11.6. The lowest BCUT2D eigenvalue weighted by molar-refractivity contribution is -0.147. The predicted octanol–water partition coefficient (Wildman–Crippen LogP) is 0.816. The van der Waals surface area contributed by atoms with Crippen LogP contribution in [-0.2, 0) is 9.59 Å². The number of nitrogens with two attached hydrogens (primary N) is 1. The van der Waals surface area contributed by atoms with Crippen LogP contribution in [0.1, 0.15) is 39.5 Å². The van der Waals surface area contributed by atoms with Crippen molar-refractivity contribution >= 4 is 29.0 Å². The molecule has 0 saturated heterocycles. The molecule has 5 nitrogen and oxygen atoms in total. The summed E-state index contributed by atoms with van der Waals surface area (Å²) in [6.07, 6.45) is 4.23. The molecule has 1 rings (SSSR count). The molecule has 0 spiro atoms. The molecule has 0 aromatic carbocycles. The van der Waals surface area contributed by atoms with Crippen molar-refractivity contribution in [3.8, 4) is 0 Å². The van der Waals surface area contributed by atoms with Crippen LogP contribution in [0.4, 0.5) is 0 Å². The molecular weight excluding hydrogens is 262 g/mol. The van der Waals surface area contributed by atoms with E-state index in [1.165, 1.54) is 0 Å². The Kier molecular flexibility index (Phi) is 6.21. The lowest BCUT2D eigenvalue weighted by Gasteiger charge is -2.30. The zero-order valence-corrected chi connectivity index (χ0v) is 12.5. The minimum Gasteiger partial charge on any atom is -0.392 e. The number of nitrogens with zero attached hydrogens (tertiary/aromatic N) is 1. The second-order valence-electron chi connectivity index (χ2n) is 5.44. The Hall–Kier alpha value is -1.17. The molecule has 0 radical (unpaired) electrons. The Labute approximate surface area is 119 Å². The third-order valence-electron chi connectivity index (χ3n) is 3.21. The van der Waals surface area contributed by atoms with Gasteiger partial charge in [0.1, 0.15) is 0 Å². The Morgan fingerprint density at radius 2 is 1.95 bits per heavy atom. The van der Waals surface area contributed by atoms with Gasteiger partial charge < -0.3 is 16.0 Å². The van der Waals surface area contributed by atoms with Crippen LogP contribution in [0, 0.1) is 5.92 Å². The highest BCUT2D eigenvalue weighted by Crippen LogP contribution is 2.24. The molecule has 3 N–H and O–H groups in total. The van der Waals surface area contributed by atoms with Crippen molar-refractivity contribution in [2.45, 2.75) is 45.6 Å². The van der Waals surface area contributed by atoms with Gasteiger partial charge in [0.2, 0.25) is 0 Å². The van der Waals surface area contributed by atoms with E-state index in [0.717, 1.165) is 25.7 Å². The van der Waals surface area contributed by atoms with Crippen LogP contribution in [0.5, 0.6) is 0 Å². The third kappa shape index (κ3) is 5.14. The van der Waals surface area contributed by atoms with E-state index in [-0.39, 0.29) is 17.6 Å². The maximum atomic E-state index is 12.2. The maximum absolute atomic E-state index is 12.2. The summed E-state index contributed by atoms with van der Waals surface area (Å²) >= 11 is 4.68. The summed E-state index contributed by atoms with van der Waals surface area (Å²) < 4.78 is 0. The first-order chi connectivity index (χ1) is 8.91. The molecule has 0 unspecified atom stereocenters. The highest BCUT2D eigenvalue weighted by Gasteiger charge is 2.30. The number of thiocarbonyl (C=S) groups is 1. The third-order valence-corrected chi connectivity index (χ3v) is 3.35. The SMILES string of the molecule is CC(C)CN(C(=O)C(=O)NCC(N)=S)C1CCCC1. The molecule has 108 valence electrons. The molecule has 1 saturated carbocycles. The number of carbonyl (C=O) groups is 2. The van der Waals surface area contributed by atoms with E-state index in [9.17, 15) is 9.59 Å². The van der Waals surface area contributed by atoms with Gasteiger partial charge in [-0.05, 0) is 18.8 Å². The molecular formula is C13H23N3O2S. The standard InChI is InChI=1S/C13H23N3O2S/c1-9(2)8-16(10-5-3-4-6-10)13(18)12(17)15-7-11(14)19/h9-10H,3-8H2,1-2H3,(H2,14,19)(H,15,17). The van der Waals surface area contributed by atoms with Gasteiger partial charge in [-0.3, -0.25) is 9.59 Å². The second-order valence-corrected chi connectivity index (χ2v) is 5.96. The van der Waals surface area contributed by atoms with Gasteiger partial charge in [0.25, 0.3) is 0 Å². The van der Waals surface area contributed by atoms with E-state index in [0.29, 0.717) is 12.5 Å². The highest BCUT2D eigenvalue weighted by atomic mass is 32.1. The van der Waals surface area contributed by atoms with Gasteiger partial charge >= 0.3 is 11.8 Å². The predicted molar refractivity (Wildman–Crippen MR) is 78.6 cm³/mol.